The predicted octanol–water partition coefficient (Wildman–Crippen LogP) is 3.23. The molecule has 2 heterocycles. The van der Waals surface area contributed by atoms with Crippen LogP contribution in [0.1, 0.15) is 49.8 Å². The van der Waals surface area contributed by atoms with Crippen LogP contribution in [-0.2, 0) is 6.42 Å². The molecule has 20 heavy (non-hydrogen) atoms. The van der Waals surface area contributed by atoms with E-state index < -0.39 is 5.92 Å². The summed E-state index contributed by atoms with van der Waals surface area (Å²) in [6.07, 6.45) is 5.69. The zero-order chi connectivity index (χ0) is 14.3. The van der Waals surface area contributed by atoms with Crippen LogP contribution >= 0.6 is 0 Å². The van der Waals surface area contributed by atoms with Gasteiger partial charge in [0.2, 0.25) is 11.8 Å². The fourth-order valence-corrected chi connectivity index (χ4v) is 3.00. The Morgan fingerprint density at radius 2 is 2.20 bits per heavy atom. The smallest absolute Gasteiger partial charge is 0.249 e. The van der Waals surface area contributed by atoms with E-state index in [2.05, 4.69) is 4.98 Å². The van der Waals surface area contributed by atoms with Gasteiger partial charge in [-0.25, -0.2) is 13.8 Å². The van der Waals surface area contributed by atoms with Gasteiger partial charge < -0.3 is 10.5 Å². The lowest BCUT2D eigenvalue weighted by molar-refractivity contribution is 0.0222. The predicted molar refractivity (Wildman–Crippen MR) is 71.9 cm³/mol. The van der Waals surface area contributed by atoms with Gasteiger partial charge in [0.1, 0.15) is 6.10 Å². The van der Waals surface area contributed by atoms with E-state index >= 15 is 0 Å². The zero-order valence-corrected chi connectivity index (χ0v) is 11.6. The maximum absolute atomic E-state index is 13.1. The molecule has 1 fully saturated rings. The fraction of sp³-hybridized carbons (Fsp3) is 0.667. The summed E-state index contributed by atoms with van der Waals surface area (Å²) in [7, 11) is 0. The Morgan fingerprint density at radius 1 is 1.45 bits per heavy atom. The van der Waals surface area contributed by atoms with Crippen molar-refractivity contribution in [3.05, 3.63) is 23.4 Å². The van der Waals surface area contributed by atoms with E-state index in [1.807, 2.05) is 0 Å². The number of pyridine rings is 1. The summed E-state index contributed by atoms with van der Waals surface area (Å²) in [6.45, 7) is 0.912. The van der Waals surface area contributed by atoms with E-state index in [9.17, 15) is 8.78 Å². The van der Waals surface area contributed by atoms with Gasteiger partial charge in [0.15, 0.2) is 0 Å². The summed E-state index contributed by atoms with van der Waals surface area (Å²) in [6, 6.07) is 1.56. The molecule has 1 saturated carbocycles. The molecule has 3 nitrogen and oxygen atoms in total. The first-order valence-corrected chi connectivity index (χ1v) is 7.21. The molecule has 1 aromatic rings. The molecule has 0 amide bonds. The van der Waals surface area contributed by atoms with E-state index in [0.29, 0.717) is 17.4 Å². The van der Waals surface area contributed by atoms with Crippen LogP contribution in [0.3, 0.4) is 0 Å². The molecule has 0 radical (unpaired) electrons. The van der Waals surface area contributed by atoms with Crippen molar-refractivity contribution < 1.29 is 13.5 Å². The standard InChI is InChI=1S/C15H20F2N2O/c1-15(16,17)7-9-5-11-12(18)6-13(10-3-2-4-10)20-14(11)19-8-9/h5,8,10,12-13H,2-4,6-7,18H2,1H3/t12?,13-/m0/s1. The van der Waals surface area contributed by atoms with Gasteiger partial charge in [-0.3, -0.25) is 0 Å². The van der Waals surface area contributed by atoms with Crippen LogP contribution in [0.2, 0.25) is 0 Å². The largest absolute Gasteiger partial charge is 0.474 e. The monoisotopic (exact) mass is 282 g/mol. The van der Waals surface area contributed by atoms with Crippen molar-refractivity contribution >= 4 is 0 Å². The van der Waals surface area contributed by atoms with Crippen molar-refractivity contribution in [2.75, 3.05) is 0 Å². The number of rotatable bonds is 3. The van der Waals surface area contributed by atoms with Crippen molar-refractivity contribution in [3.63, 3.8) is 0 Å². The van der Waals surface area contributed by atoms with Crippen molar-refractivity contribution in [1.29, 1.82) is 0 Å². The highest BCUT2D eigenvalue weighted by atomic mass is 19.3. The molecule has 3 rings (SSSR count). The van der Waals surface area contributed by atoms with E-state index in [1.165, 1.54) is 25.5 Å². The second-order valence-electron chi connectivity index (χ2n) is 6.17. The number of alkyl halides is 2. The zero-order valence-electron chi connectivity index (χ0n) is 11.6. The van der Waals surface area contributed by atoms with Crippen LogP contribution in [0.4, 0.5) is 8.78 Å². The van der Waals surface area contributed by atoms with Crippen LogP contribution in [0, 0.1) is 5.92 Å². The van der Waals surface area contributed by atoms with Gasteiger partial charge in [-0.05, 0) is 37.3 Å². The maximum atomic E-state index is 13.1. The summed E-state index contributed by atoms with van der Waals surface area (Å²) in [4.78, 5) is 4.21. The molecule has 1 unspecified atom stereocenters. The molecule has 110 valence electrons. The number of nitrogens with two attached hydrogens (primary N) is 1. The Labute approximate surface area is 117 Å². The van der Waals surface area contributed by atoms with Crippen LogP contribution in [0.25, 0.3) is 0 Å². The van der Waals surface area contributed by atoms with E-state index in [0.717, 1.165) is 18.9 Å². The molecule has 1 aromatic heterocycles. The molecule has 5 heteroatoms. The number of hydrogen-bond donors (Lipinski definition) is 1. The Balaban J connectivity index is 1.80. The number of fused-ring (bicyclic) bond motifs is 1. The highest BCUT2D eigenvalue weighted by Gasteiger charge is 2.35. The molecule has 2 atom stereocenters. The minimum absolute atomic E-state index is 0.136. The Bertz CT molecular complexity index is 497. The number of hydrogen-bond acceptors (Lipinski definition) is 3. The fourth-order valence-electron chi connectivity index (χ4n) is 3.00. The highest BCUT2D eigenvalue weighted by molar-refractivity contribution is 5.35. The summed E-state index contributed by atoms with van der Waals surface area (Å²) in [5, 5.41) is 0. The molecule has 1 aliphatic carbocycles. The average molecular weight is 282 g/mol. The first kappa shape index (κ1) is 13.7. The lowest BCUT2D eigenvalue weighted by Crippen LogP contribution is -2.38. The van der Waals surface area contributed by atoms with Crippen molar-refractivity contribution in [2.24, 2.45) is 11.7 Å². The topological polar surface area (TPSA) is 48.1 Å². The van der Waals surface area contributed by atoms with E-state index in [-0.39, 0.29) is 18.6 Å². The van der Waals surface area contributed by atoms with Crippen LogP contribution in [0.15, 0.2) is 12.3 Å². The SMILES string of the molecule is CC(F)(F)Cc1cnc2c(c1)C(N)C[C@@H](C1CCC1)O2. The molecule has 2 aliphatic rings. The lowest BCUT2D eigenvalue weighted by Gasteiger charge is -2.38. The van der Waals surface area contributed by atoms with Gasteiger partial charge >= 0.3 is 0 Å². The normalized spacial score (nSPS) is 26.6. The van der Waals surface area contributed by atoms with Gasteiger partial charge in [-0.2, -0.15) is 0 Å². The van der Waals surface area contributed by atoms with Gasteiger partial charge in [0.05, 0.1) is 0 Å². The minimum atomic E-state index is -2.73. The number of halogens is 2. The number of aromatic nitrogens is 1. The second kappa shape index (κ2) is 4.95. The third kappa shape index (κ3) is 2.77. The number of nitrogens with zero attached hydrogens (tertiary/aromatic N) is 1. The van der Waals surface area contributed by atoms with Gasteiger partial charge in [0, 0.05) is 30.6 Å². The van der Waals surface area contributed by atoms with Crippen LogP contribution in [-0.4, -0.2) is 17.0 Å². The third-order valence-corrected chi connectivity index (χ3v) is 4.27. The Hall–Kier alpha value is -1.23. The van der Waals surface area contributed by atoms with Crippen LogP contribution in [0.5, 0.6) is 5.88 Å². The summed E-state index contributed by atoms with van der Waals surface area (Å²) in [5.74, 6) is -1.62. The van der Waals surface area contributed by atoms with Gasteiger partial charge in [0.25, 0.3) is 0 Å². The molecule has 2 N–H and O–H groups in total. The molecule has 1 aliphatic heterocycles. The second-order valence-corrected chi connectivity index (χ2v) is 6.17. The van der Waals surface area contributed by atoms with Gasteiger partial charge in [-0.15, -0.1) is 0 Å². The Kier molecular flexibility index (Phi) is 3.40. The lowest BCUT2D eigenvalue weighted by atomic mass is 9.77. The summed E-state index contributed by atoms with van der Waals surface area (Å²) in [5.41, 5.74) is 7.46. The molecule has 0 bridgehead atoms. The quantitative estimate of drug-likeness (QED) is 0.926. The summed E-state index contributed by atoms with van der Waals surface area (Å²) < 4.78 is 32.0. The molecule has 0 aromatic carbocycles. The minimum Gasteiger partial charge on any atom is -0.474 e. The average Bonchev–Trinajstić information content (AvgIpc) is 2.25. The maximum Gasteiger partial charge on any atom is 0.249 e. The third-order valence-electron chi connectivity index (χ3n) is 4.27. The molecular formula is C15H20F2N2O. The van der Waals surface area contributed by atoms with E-state index in [1.54, 1.807) is 6.07 Å². The molecular weight excluding hydrogens is 262 g/mol. The molecule has 0 saturated heterocycles. The first-order chi connectivity index (χ1) is 9.42. The van der Waals surface area contributed by atoms with Gasteiger partial charge in [-0.1, -0.05) is 6.42 Å². The number of ether oxygens (including phenoxy) is 1. The Morgan fingerprint density at radius 3 is 2.80 bits per heavy atom. The first-order valence-electron chi connectivity index (χ1n) is 7.21. The van der Waals surface area contributed by atoms with Crippen molar-refractivity contribution in [3.8, 4) is 5.88 Å². The van der Waals surface area contributed by atoms with Crippen LogP contribution < -0.4 is 10.5 Å². The summed E-state index contributed by atoms with van der Waals surface area (Å²) >= 11 is 0. The molecule has 0 spiro atoms. The van der Waals surface area contributed by atoms with Crippen molar-refractivity contribution in [1.82, 2.24) is 4.98 Å². The van der Waals surface area contributed by atoms with Crippen molar-refractivity contribution in [2.45, 2.75) is 57.1 Å². The highest BCUT2D eigenvalue weighted by Crippen LogP contribution is 2.40. The van der Waals surface area contributed by atoms with E-state index in [4.69, 9.17) is 10.5 Å².